The fourth-order valence-electron chi connectivity index (χ4n) is 3.81. The highest BCUT2D eigenvalue weighted by Crippen LogP contribution is 2.30. The maximum Gasteiger partial charge on any atom is 0.254 e. The van der Waals surface area contributed by atoms with Crippen LogP contribution in [0.3, 0.4) is 0 Å². The van der Waals surface area contributed by atoms with E-state index in [0.29, 0.717) is 19.6 Å². The monoisotopic (exact) mass is 410 g/mol. The molecule has 1 heterocycles. The van der Waals surface area contributed by atoms with E-state index in [4.69, 9.17) is 9.47 Å². The molecule has 0 spiro atoms. The Morgan fingerprint density at radius 1 is 1.13 bits per heavy atom. The van der Waals surface area contributed by atoms with Crippen molar-refractivity contribution in [2.45, 2.75) is 31.9 Å². The van der Waals surface area contributed by atoms with E-state index in [2.05, 4.69) is 23.5 Å². The van der Waals surface area contributed by atoms with Gasteiger partial charge in [0.05, 0.1) is 13.2 Å². The van der Waals surface area contributed by atoms with Gasteiger partial charge in [-0.25, -0.2) is 0 Å². The van der Waals surface area contributed by atoms with Crippen LogP contribution < -0.4 is 5.32 Å². The second kappa shape index (κ2) is 9.87. The van der Waals surface area contributed by atoms with E-state index < -0.39 is 5.60 Å². The summed E-state index contributed by atoms with van der Waals surface area (Å²) in [5, 5.41) is 2.99. The largest absolute Gasteiger partial charge is 0.375 e. The molecule has 6 nitrogen and oxygen atoms in total. The van der Waals surface area contributed by atoms with Gasteiger partial charge in [-0.3, -0.25) is 9.59 Å². The van der Waals surface area contributed by atoms with Gasteiger partial charge in [0.25, 0.3) is 5.91 Å². The van der Waals surface area contributed by atoms with Crippen molar-refractivity contribution in [1.29, 1.82) is 0 Å². The second-order valence-corrected chi connectivity index (χ2v) is 7.92. The first-order valence-electron chi connectivity index (χ1n) is 10.3. The third-order valence-corrected chi connectivity index (χ3v) is 5.22. The summed E-state index contributed by atoms with van der Waals surface area (Å²) in [5.41, 5.74) is 1.98. The number of morpholine rings is 1. The maximum atomic E-state index is 13.3. The Hall–Kier alpha value is -2.70. The van der Waals surface area contributed by atoms with Crippen molar-refractivity contribution in [2.24, 2.45) is 0 Å². The molecule has 2 aromatic rings. The predicted molar refractivity (Wildman–Crippen MR) is 116 cm³/mol. The topological polar surface area (TPSA) is 67.9 Å². The standard InChI is InChI=1S/C24H30N2O4/c1-18(2)25-23(28)24(17-26(13-14-30-24)22(27)16-29-3)15-20-11-7-8-12-21(20)19-9-5-4-6-10-19/h4-12,18H,13-17H2,1-3H3,(H,25,28). The van der Waals surface area contributed by atoms with Gasteiger partial charge in [-0.2, -0.15) is 0 Å². The van der Waals surface area contributed by atoms with E-state index in [1.807, 2.05) is 50.2 Å². The van der Waals surface area contributed by atoms with Crippen LogP contribution in [-0.2, 0) is 25.5 Å². The molecule has 0 aromatic heterocycles. The van der Waals surface area contributed by atoms with Crippen molar-refractivity contribution in [1.82, 2.24) is 10.2 Å². The Bertz CT molecular complexity index is 869. The van der Waals surface area contributed by atoms with Gasteiger partial charge in [0.1, 0.15) is 6.61 Å². The quantitative estimate of drug-likeness (QED) is 0.762. The molecule has 1 saturated heterocycles. The molecule has 160 valence electrons. The van der Waals surface area contributed by atoms with E-state index in [0.717, 1.165) is 16.7 Å². The molecule has 1 aliphatic heterocycles. The van der Waals surface area contributed by atoms with Crippen LogP contribution in [0.15, 0.2) is 54.6 Å². The summed E-state index contributed by atoms with van der Waals surface area (Å²) in [5.74, 6) is -0.339. The number of nitrogens with one attached hydrogen (secondary N) is 1. The van der Waals surface area contributed by atoms with Crippen molar-refractivity contribution in [3.63, 3.8) is 0 Å². The van der Waals surface area contributed by atoms with Gasteiger partial charge in [-0.05, 0) is 30.5 Å². The summed E-state index contributed by atoms with van der Waals surface area (Å²) in [6.45, 7) is 4.76. The molecule has 0 bridgehead atoms. The highest BCUT2D eigenvalue weighted by atomic mass is 16.5. The zero-order valence-corrected chi connectivity index (χ0v) is 17.9. The summed E-state index contributed by atoms with van der Waals surface area (Å²) in [6, 6.07) is 18.1. The number of methoxy groups -OCH3 is 1. The summed E-state index contributed by atoms with van der Waals surface area (Å²) < 4.78 is 11.1. The number of hydrogen-bond acceptors (Lipinski definition) is 4. The number of carbonyl (C=O) groups excluding carboxylic acids is 2. The van der Waals surface area contributed by atoms with E-state index in [1.165, 1.54) is 7.11 Å². The van der Waals surface area contributed by atoms with E-state index in [9.17, 15) is 9.59 Å². The fourth-order valence-corrected chi connectivity index (χ4v) is 3.81. The Morgan fingerprint density at radius 2 is 1.83 bits per heavy atom. The van der Waals surface area contributed by atoms with Crippen LogP contribution in [-0.4, -0.2) is 61.8 Å². The summed E-state index contributed by atoms with van der Waals surface area (Å²) in [4.78, 5) is 27.5. The highest BCUT2D eigenvalue weighted by Gasteiger charge is 2.45. The Labute approximate surface area is 178 Å². The smallest absolute Gasteiger partial charge is 0.254 e. The first kappa shape index (κ1) is 22.0. The van der Waals surface area contributed by atoms with Gasteiger partial charge in [-0.15, -0.1) is 0 Å². The number of hydrogen-bond donors (Lipinski definition) is 1. The number of amides is 2. The molecule has 30 heavy (non-hydrogen) atoms. The molecule has 3 rings (SSSR count). The molecule has 1 atom stereocenters. The normalized spacial score (nSPS) is 19.0. The van der Waals surface area contributed by atoms with Crippen LogP contribution in [0.25, 0.3) is 11.1 Å². The molecule has 1 fully saturated rings. The molecule has 2 amide bonds. The van der Waals surface area contributed by atoms with E-state index in [1.54, 1.807) is 4.90 Å². The highest BCUT2D eigenvalue weighted by molar-refractivity contribution is 5.88. The van der Waals surface area contributed by atoms with Crippen molar-refractivity contribution in [2.75, 3.05) is 33.4 Å². The van der Waals surface area contributed by atoms with Crippen LogP contribution in [0.5, 0.6) is 0 Å². The van der Waals surface area contributed by atoms with Crippen molar-refractivity contribution < 1.29 is 19.1 Å². The molecule has 1 N–H and O–H groups in total. The first-order valence-corrected chi connectivity index (χ1v) is 10.3. The molecule has 1 unspecified atom stereocenters. The number of ether oxygens (including phenoxy) is 2. The van der Waals surface area contributed by atoms with Crippen LogP contribution in [0.1, 0.15) is 19.4 Å². The zero-order valence-electron chi connectivity index (χ0n) is 17.9. The van der Waals surface area contributed by atoms with Gasteiger partial charge in [0, 0.05) is 26.1 Å². The molecular formula is C24H30N2O4. The van der Waals surface area contributed by atoms with Gasteiger partial charge in [0.15, 0.2) is 5.60 Å². The minimum Gasteiger partial charge on any atom is -0.375 e. The Kier molecular flexibility index (Phi) is 7.24. The SMILES string of the molecule is COCC(=O)N1CCOC(Cc2ccccc2-c2ccccc2)(C(=O)NC(C)C)C1. The predicted octanol–water partition coefficient (Wildman–Crippen LogP) is 2.66. The van der Waals surface area contributed by atoms with Crippen molar-refractivity contribution >= 4 is 11.8 Å². The number of carbonyl (C=O) groups is 2. The van der Waals surface area contributed by atoms with Gasteiger partial charge < -0.3 is 19.7 Å². The van der Waals surface area contributed by atoms with Gasteiger partial charge >= 0.3 is 0 Å². The van der Waals surface area contributed by atoms with Gasteiger partial charge in [0.2, 0.25) is 5.91 Å². The Morgan fingerprint density at radius 3 is 2.53 bits per heavy atom. The lowest BCUT2D eigenvalue weighted by atomic mass is 9.87. The lowest BCUT2D eigenvalue weighted by Crippen LogP contribution is -2.63. The second-order valence-electron chi connectivity index (χ2n) is 7.92. The lowest BCUT2D eigenvalue weighted by Gasteiger charge is -2.42. The molecule has 1 aliphatic rings. The number of benzene rings is 2. The summed E-state index contributed by atoms with van der Waals surface area (Å²) in [6.07, 6.45) is 0.368. The van der Waals surface area contributed by atoms with Crippen molar-refractivity contribution in [3.8, 4) is 11.1 Å². The van der Waals surface area contributed by atoms with Gasteiger partial charge in [-0.1, -0.05) is 54.6 Å². The molecule has 0 radical (unpaired) electrons. The maximum absolute atomic E-state index is 13.3. The molecule has 0 aliphatic carbocycles. The van der Waals surface area contributed by atoms with Crippen LogP contribution in [0.4, 0.5) is 0 Å². The number of rotatable bonds is 7. The van der Waals surface area contributed by atoms with E-state index >= 15 is 0 Å². The summed E-state index contributed by atoms with van der Waals surface area (Å²) >= 11 is 0. The first-order chi connectivity index (χ1) is 14.4. The van der Waals surface area contributed by atoms with Crippen LogP contribution >= 0.6 is 0 Å². The average molecular weight is 411 g/mol. The lowest BCUT2D eigenvalue weighted by molar-refractivity contribution is -0.167. The third kappa shape index (κ3) is 5.07. The van der Waals surface area contributed by atoms with E-state index in [-0.39, 0.29) is 31.0 Å². The van der Waals surface area contributed by atoms with Crippen LogP contribution in [0.2, 0.25) is 0 Å². The minimum atomic E-state index is -1.16. The molecular weight excluding hydrogens is 380 g/mol. The number of nitrogens with zero attached hydrogens (tertiary/aromatic N) is 1. The summed E-state index contributed by atoms with van der Waals surface area (Å²) in [7, 11) is 1.49. The Balaban J connectivity index is 1.97. The molecule has 2 aromatic carbocycles. The third-order valence-electron chi connectivity index (χ3n) is 5.22. The average Bonchev–Trinajstić information content (AvgIpc) is 2.74. The zero-order chi connectivity index (χ0) is 21.6. The van der Waals surface area contributed by atoms with Crippen molar-refractivity contribution in [3.05, 3.63) is 60.2 Å². The fraction of sp³-hybridized carbons (Fsp3) is 0.417. The molecule has 6 heteroatoms. The minimum absolute atomic E-state index is 0.0114. The van der Waals surface area contributed by atoms with Crippen LogP contribution in [0, 0.1) is 0 Å². The molecule has 0 saturated carbocycles.